The highest BCUT2D eigenvalue weighted by molar-refractivity contribution is 9.10. The van der Waals surface area contributed by atoms with Crippen LogP contribution < -0.4 is 5.73 Å². The average Bonchev–Trinajstić information content (AvgIpc) is 2.66. The highest BCUT2D eigenvalue weighted by atomic mass is 79.9. The van der Waals surface area contributed by atoms with Gasteiger partial charge in [0.1, 0.15) is 4.99 Å². The van der Waals surface area contributed by atoms with Gasteiger partial charge in [-0.1, -0.05) is 23.8 Å². The van der Waals surface area contributed by atoms with Gasteiger partial charge in [0.25, 0.3) is 0 Å². The molecule has 0 saturated carbocycles. The molecule has 0 spiro atoms. The van der Waals surface area contributed by atoms with Gasteiger partial charge in [0.15, 0.2) is 5.82 Å². The summed E-state index contributed by atoms with van der Waals surface area (Å²) in [6, 6.07) is 5.47. The van der Waals surface area contributed by atoms with Crippen molar-refractivity contribution in [1.29, 1.82) is 0 Å². The molecule has 0 radical (unpaired) electrons. The molecule has 0 unspecified atom stereocenters. The summed E-state index contributed by atoms with van der Waals surface area (Å²) in [4.78, 5) is 4.56. The van der Waals surface area contributed by atoms with Gasteiger partial charge in [-0.3, -0.25) is 4.57 Å². The lowest BCUT2D eigenvalue weighted by atomic mass is 10.4. The van der Waals surface area contributed by atoms with E-state index in [-0.39, 0.29) is 0 Å². The summed E-state index contributed by atoms with van der Waals surface area (Å²) in [6.07, 6.45) is 3.42. The molecule has 0 aliphatic carbocycles. The normalized spacial score (nSPS) is 10.4. The second-order valence-corrected chi connectivity index (χ2v) is 4.82. The molecule has 0 aliphatic heterocycles. The van der Waals surface area contributed by atoms with Crippen LogP contribution in [-0.4, -0.2) is 14.5 Å². The van der Waals surface area contributed by atoms with E-state index in [1.54, 1.807) is 12.3 Å². The Labute approximate surface area is 111 Å². The molecule has 0 atom stereocenters. The maximum Gasteiger partial charge on any atom is 0.151 e. The zero-order valence-corrected chi connectivity index (χ0v) is 11.2. The van der Waals surface area contributed by atoms with Gasteiger partial charge in [-0.15, -0.1) is 0 Å². The summed E-state index contributed by atoms with van der Waals surface area (Å²) in [5.41, 5.74) is 6.36. The van der Waals surface area contributed by atoms with E-state index >= 15 is 0 Å². The minimum absolute atomic E-state index is 0.327. The van der Waals surface area contributed by atoms with E-state index in [1.165, 1.54) is 0 Å². The minimum Gasteiger partial charge on any atom is -0.388 e. The van der Waals surface area contributed by atoms with Gasteiger partial charge < -0.3 is 5.73 Å². The number of pyridine rings is 1. The first-order chi connectivity index (χ1) is 7.59. The quantitative estimate of drug-likeness (QED) is 0.866. The van der Waals surface area contributed by atoms with Crippen LogP contribution in [0.25, 0.3) is 5.82 Å². The minimum atomic E-state index is 0.327. The molecular weight excluding hydrogens is 310 g/mol. The van der Waals surface area contributed by atoms with Crippen molar-refractivity contribution in [3.63, 3.8) is 0 Å². The highest BCUT2D eigenvalue weighted by Gasteiger charge is 2.10. The Morgan fingerprint density at radius 3 is 2.94 bits per heavy atom. The molecule has 0 fully saturated rings. The fourth-order valence-electron chi connectivity index (χ4n) is 1.35. The number of nitrogens with zero attached hydrogens (tertiary/aromatic N) is 2. The number of hydrogen-bond acceptors (Lipinski definition) is 2. The fourth-order valence-corrected chi connectivity index (χ4v) is 2.35. The molecule has 0 amide bonds. The fraction of sp³-hybridized carbons (Fsp3) is 0. The van der Waals surface area contributed by atoms with Crippen molar-refractivity contribution in [2.45, 2.75) is 0 Å². The van der Waals surface area contributed by atoms with Crippen LogP contribution in [0, 0.1) is 0 Å². The Morgan fingerprint density at radius 2 is 2.31 bits per heavy atom. The summed E-state index contributed by atoms with van der Waals surface area (Å²) < 4.78 is 2.59. The van der Waals surface area contributed by atoms with Crippen LogP contribution >= 0.6 is 39.7 Å². The first-order valence-electron chi connectivity index (χ1n) is 4.38. The predicted molar refractivity (Wildman–Crippen MR) is 72.2 cm³/mol. The molecule has 3 nitrogen and oxygen atoms in total. The largest absolute Gasteiger partial charge is 0.388 e. The van der Waals surface area contributed by atoms with Crippen molar-refractivity contribution in [2.24, 2.45) is 5.73 Å². The van der Waals surface area contributed by atoms with Crippen LogP contribution in [0.15, 0.2) is 35.1 Å². The highest BCUT2D eigenvalue weighted by Crippen LogP contribution is 2.23. The number of halogens is 2. The van der Waals surface area contributed by atoms with Gasteiger partial charge in [0, 0.05) is 12.4 Å². The first kappa shape index (κ1) is 11.6. The number of aromatic nitrogens is 2. The maximum atomic E-state index is 5.83. The topological polar surface area (TPSA) is 43.8 Å². The van der Waals surface area contributed by atoms with Crippen LogP contribution in [0.3, 0.4) is 0 Å². The van der Waals surface area contributed by atoms with Gasteiger partial charge in [-0.25, -0.2) is 4.98 Å². The van der Waals surface area contributed by atoms with Crippen molar-refractivity contribution in [1.82, 2.24) is 9.55 Å². The molecule has 2 aromatic rings. The summed E-state index contributed by atoms with van der Waals surface area (Å²) in [6.45, 7) is 0. The zero-order chi connectivity index (χ0) is 11.7. The standard InChI is InChI=1S/C10H7BrClN3S/c11-7-4-6(12)5-14-10(7)15-3-1-2-8(15)9(13)16/h1-5H,(H2,13,16). The van der Waals surface area contributed by atoms with Crippen LogP contribution in [-0.2, 0) is 0 Å². The van der Waals surface area contributed by atoms with E-state index in [0.717, 1.165) is 10.2 Å². The Balaban J connectivity index is 2.59. The Hall–Kier alpha value is -0.910. The number of nitrogens with two attached hydrogens (primary N) is 1. The van der Waals surface area contributed by atoms with Crippen molar-refractivity contribution in [3.8, 4) is 5.82 Å². The zero-order valence-electron chi connectivity index (χ0n) is 8.02. The van der Waals surface area contributed by atoms with E-state index in [4.69, 9.17) is 29.6 Å². The smallest absolute Gasteiger partial charge is 0.151 e. The van der Waals surface area contributed by atoms with E-state index in [0.29, 0.717) is 15.8 Å². The Kier molecular flexibility index (Phi) is 3.28. The van der Waals surface area contributed by atoms with Gasteiger partial charge in [-0.05, 0) is 34.1 Å². The summed E-state index contributed by atoms with van der Waals surface area (Å²) in [7, 11) is 0. The average molecular weight is 317 g/mol. The molecule has 2 rings (SSSR count). The third-order valence-electron chi connectivity index (χ3n) is 2.02. The molecule has 0 aromatic carbocycles. The second-order valence-electron chi connectivity index (χ2n) is 3.09. The second kappa shape index (κ2) is 4.53. The van der Waals surface area contributed by atoms with Crippen LogP contribution in [0.2, 0.25) is 5.02 Å². The lowest BCUT2D eigenvalue weighted by molar-refractivity contribution is 0.987. The van der Waals surface area contributed by atoms with Crippen molar-refractivity contribution in [3.05, 3.63) is 45.8 Å². The van der Waals surface area contributed by atoms with Crippen LogP contribution in [0.4, 0.5) is 0 Å². The van der Waals surface area contributed by atoms with Crippen LogP contribution in [0.1, 0.15) is 5.69 Å². The number of hydrogen-bond donors (Lipinski definition) is 1. The van der Waals surface area contributed by atoms with Crippen LogP contribution in [0.5, 0.6) is 0 Å². The van der Waals surface area contributed by atoms with Crippen molar-refractivity contribution < 1.29 is 0 Å². The first-order valence-corrected chi connectivity index (χ1v) is 5.96. The maximum absolute atomic E-state index is 5.83. The summed E-state index contributed by atoms with van der Waals surface area (Å²) >= 11 is 14.2. The lowest BCUT2D eigenvalue weighted by Gasteiger charge is -2.09. The molecule has 2 aromatic heterocycles. The molecule has 0 aliphatic rings. The monoisotopic (exact) mass is 315 g/mol. The Morgan fingerprint density at radius 1 is 1.56 bits per heavy atom. The van der Waals surface area contributed by atoms with E-state index in [1.807, 2.05) is 22.9 Å². The predicted octanol–water partition coefficient (Wildman–Crippen LogP) is 2.92. The molecule has 6 heteroatoms. The molecular formula is C10H7BrClN3S. The van der Waals surface area contributed by atoms with E-state index < -0.39 is 0 Å². The van der Waals surface area contributed by atoms with Gasteiger partial charge in [0.2, 0.25) is 0 Å². The molecule has 2 heterocycles. The lowest BCUT2D eigenvalue weighted by Crippen LogP contribution is -2.15. The van der Waals surface area contributed by atoms with Gasteiger partial charge in [-0.2, -0.15) is 0 Å². The molecule has 2 N–H and O–H groups in total. The SMILES string of the molecule is NC(=S)c1cccn1-c1ncc(Cl)cc1Br. The summed E-state index contributed by atoms with van der Waals surface area (Å²) in [5.74, 6) is 0.706. The molecule has 16 heavy (non-hydrogen) atoms. The van der Waals surface area contributed by atoms with Crippen molar-refractivity contribution >= 4 is 44.7 Å². The third-order valence-corrected chi connectivity index (χ3v) is 3.02. The number of thiocarbonyl (C=S) groups is 1. The molecule has 0 bridgehead atoms. The van der Waals surface area contributed by atoms with E-state index in [2.05, 4.69) is 20.9 Å². The number of rotatable bonds is 2. The van der Waals surface area contributed by atoms with Gasteiger partial charge in [0.05, 0.1) is 15.2 Å². The molecule has 0 saturated heterocycles. The third kappa shape index (κ3) is 2.11. The molecule has 82 valence electrons. The van der Waals surface area contributed by atoms with Gasteiger partial charge >= 0.3 is 0 Å². The van der Waals surface area contributed by atoms with E-state index in [9.17, 15) is 0 Å². The van der Waals surface area contributed by atoms with Crippen molar-refractivity contribution in [2.75, 3.05) is 0 Å². The summed E-state index contributed by atoms with van der Waals surface area (Å²) in [5, 5.41) is 0.569. The Bertz CT molecular complexity index is 553.